The Labute approximate surface area is 144 Å². The highest BCUT2D eigenvalue weighted by Gasteiger charge is 2.16. The number of carbonyl (C=O) groups excluding carboxylic acids is 1. The van der Waals surface area contributed by atoms with E-state index in [1.165, 1.54) is 29.0 Å². The summed E-state index contributed by atoms with van der Waals surface area (Å²) in [7, 11) is 1.70. The van der Waals surface area contributed by atoms with Crippen molar-refractivity contribution in [1.82, 2.24) is 9.88 Å². The minimum Gasteiger partial charge on any atom is -0.336 e. The fraction of sp³-hybridized carbons (Fsp3) is 0.158. The lowest BCUT2D eigenvalue weighted by molar-refractivity contribution is 0.0779. The van der Waals surface area contributed by atoms with Gasteiger partial charge in [0, 0.05) is 25.4 Å². The Morgan fingerprint density at radius 1 is 1.12 bits per heavy atom. The zero-order valence-corrected chi connectivity index (χ0v) is 14.1. The average Bonchev–Trinajstić information content (AvgIpc) is 3.03. The first-order valence-electron chi connectivity index (χ1n) is 7.60. The Morgan fingerprint density at radius 2 is 1.88 bits per heavy atom. The summed E-state index contributed by atoms with van der Waals surface area (Å²) in [5, 5.41) is 2.69. The molecule has 0 atom stereocenters. The first-order valence-corrected chi connectivity index (χ1v) is 8.48. The Morgan fingerprint density at radius 3 is 2.62 bits per heavy atom. The molecule has 3 aromatic rings. The molecule has 0 bridgehead atoms. The number of nitrogens with zero attached hydrogens (tertiary/aromatic N) is 2. The molecule has 0 spiro atoms. The molecule has 1 amide bonds. The summed E-state index contributed by atoms with van der Waals surface area (Å²) >= 11 is 1.48. The first kappa shape index (κ1) is 16.3. The molecule has 3 nitrogen and oxygen atoms in total. The maximum Gasteiger partial charge on any atom is 0.273 e. The third-order valence-electron chi connectivity index (χ3n) is 3.62. The van der Waals surface area contributed by atoms with Crippen LogP contribution in [0.25, 0.3) is 0 Å². The van der Waals surface area contributed by atoms with Crippen molar-refractivity contribution in [3.8, 4) is 0 Å². The van der Waals surface area contributed by atoms with Crippen LogP contribution in [0.4, 0.5) is 4.39 Å². The highest BCUT2D eigenvalue weighted by Crippen LogP contribution is 2.16. The van der Waals surface area contributed by atoms with Crippen LogP contribution in [0.5, 0.6) is 0 Å². The lowest BCUT2D eigenvalue weighted by atomic mass is 10.2. The maximum atomic E-state index is 13.2. The maximum absolute atomic E-state index is 13.2. The normalized spacial score (nSPS) is 10.6. The molecule has 0 aliphatic carbocycles. The predicted molar refractivity (Wildman–Crippen MR) is 93.6 cm³/mol. The van der Waals surface area contributed by atoms with Crippen LogP contribution in [0.1, 0.15) is 26.6 Å². The van der Waals surface area contributed by atoms with Gasteiger partial charge in [-0.1, -0.05) is 42.5 Å². The van der Waals surface area contributed by atoms with Crippen molar-refractivity contribution >= 4 is 17.2 Å². The van der Waals surface area contributed by atoms with E-state index in [0.29, 0.717) is 18.7 Å². The Balaban J connectivity index is 1.66. The number of halogens is 1. The second-order valence-corrected chi connectivity index (χ2v) is 6.52. The van der Waals surface area contributed by atoms with E-state index < -0.39 is 0 Å². The molecule has 2 aromatic carbocycles. The molecule has 1 aromatic heterocycles. The van der Waals surface area contributed by atoms with E-state index >= 15 is 0 Å². The third kappa shape index (κ3) is 4.06. The summed E-state index contributed by atoms with van der Waals surface area (Å²) < 4.78 is 13.2. The molecule has 0 unspecified atom stereocenters. The van der Waals surface area contributed by atoms with Crippen molar-refractivity contribution in [2.24, 2.45) is 0 Å². The minimum absolute atomic E-state index is 0.158. The number of hydrogen-bond donors (Lipinski definition) is 0. The smallest absolute Gasteiger partial charge is 0.273 e. The number of carbonyl (C=O) groups is 1. The van der Waals surface area contributed by atoms with Gasteiger partial charge in [0.25, 0.3) is 5.91 Å². The average molecular weight is 340 g/mol. The molecule has 0 saturated carbocycles. The van der Waals surface area contributed by atoms with Crippen LogP contribution >= 0.6 is 11.3 Å². The second kappa shape index (κ2) is 7.36. The van der Waals surface area contributed by atoms with Gasteiger partial charge in [-0.15, -0.1) is 11.3 Å². The van der Waals surface area contributed by atoms with Crippen molar-refractivity contribution in [2.45, 2.75) is 13.0 Å². The van der Waals surface area contributed by atoms with Gasteiger partial charge in [0.15, 0.2) is 0 Å². The van der Waals surface area contributed by atoms with E-state index in [2.05, 4.69) is 4.98 Å². The van der Waals surface area contributed by atoms with Crippen LogP contribution in [0.3, 0.4) is 0 Å². The van der Waals surface area contributed by atoms with E-state index in [1.807, 2.05) is 30.3 Å². The SMILES string of the molecule is CN(Cc1cccc(F)c1)C(=O)c1csc(Cc2ccccc2)n1. The molecule has 122 valence electrons. The van der Waals surface area contributed by atoms with Crippen molar-refractivity contribution < 1.29 is 9.18 Å². The molecule has 5 heteroatoms. The molecule has 0 aliphatic heterocycles. The van der Waals surface area contributed by atoms with E-state index in [0.717, 1.165) is 10.6 Å². The molecule has 0 aliphatic rings. The number of amides is 1. The topological polar surface area (TPSA) is 33.2 Å². The quantitative estimate of drug-likeness (QED) is 0.699. The molecule has 24 heavy (non-hydrogen) atoms. The molecular formula is C19H17FN2OS. The van der Waals surface area contributed by atoms with Crippen LogP contribution < -0.4 is 0 Å². The molecular weight excluding hydrogens is 323 g/mol. The second-order valence-electron chi connectivity index (χ2n) is 5.58. The van der Waals surface area contributed by atoms with Gasteiger partial charge in [-0.3, -0.25) is 4.79 Å². The monoisotopic (exact) mass is 340 g/mol. The Bertz CT molecular complexity index is 832. The van der Waals surface area contributed by atoms with Crippen molar-refractivity contribution in [2.75, 3.05) is 7.05 Å². The van der Waals surface area contributed by atoms with Crippen molar-refractivity contribution in [3.63, 3.8) is 0 Å². The summed E-state index contributed by atoms with van der Waals surface area (Å²) in [4.78, 5) is 18.5. The molecule has 0 radical (unpaired) electrons. The first-order chi connectivity index (χ1) is 11.6. The molecule has 0 saturated heterocycles. The number of rotatable bonds is 5. The lowest BCUT2D eigenvalue weighted by Crippen LogP contribution is -2.26. The standard InChI is InChI=1S/C19H17FN2OS/c1-22(12-15-8-5-9-16(20)10-15)19(23)17-13-24-18(21-17)11-14-6-3-2-4-7-14/h2-10,13H,11-12H2,1H3. The fourth-order valence-corrected chi connectivity index (χ4v) is 3.24. The van der Waals surface area contributed by atoms with Crippen LogP contribution in [-0.2, 0) is 13.0 Å². The Kier molecular flexibility index (Phi) is 5.01. The highest BCUT2D eigenvalue weighted by molar-refractivity contribution is 7.09. The summed E-state index contributed by atoms with van der Waals surface area (Å²) in [5.74, 6) is -0.457. The molecule has 3 rings (SSSR count). The van der Waals surface area contributed by atoms with Gasteiger partial charge >= 0.3 is 0 Å². The van der Waals surface area contributed by atoms with E-state index in [4.69, 9.17) is 0 Å². The summed E-state index contributed by atoms with van der Waals surface area (Å²) in [6, 6.07) is 16.3. The number of hydrogen-bond acceptors (Lipinski definition) is 3. The van der Waals surface area contributed by atoms with Crippen LogP contribution in [-0.4, -0.2) is 22.8 Å². The van der Waals surface area contributed by atoms with Gasteiger partial charge in [-0.05, 0) is 23.3 Å². The van der Waals surface area contributed by atoms with Crippen LogP contribution in [0.2, 0.25) is 0 Å². The van der Waals surface area contributed by atoms with E-state index in [-0.39, 0.29) is 11.7 Å². The van der Waals surface area contributed by atoms with Gasteiger partial charge in [-0.2, -0.15) is 0 Å². The minimum atomic E-state index is -0.299. The van der Waals surface area contributed by atoms with Crippen LogP contribution in [0.15, 0.2) is 60.0 Å². The molecule has 1 heterocycles. The zero-order valence-electron chi connectivity index (χ0n) is 13.3. The van der Waals surface area contributed by atoms with Gasteiger partial charge in [0.05, 0.1) is 5.01 Å². The van der Waals surface area contributed by atoms with Crippen LogP contribution in [0, 0.1) is 5.82 Å². The third-order valence-corrected chi connectivity index (χ3v) is 4.47. The number of benzene rings is 2. The highest BCUT2D eigenvalue weighted by atomic mass is 32.1. The molecule has 0 fully saturated rings. The lowest BCUT2D eigenvalue weighted by Gasteiger charge is -2.16. The van der Waals surface area contributed by atoms with Gasteiger partial charge < -0.3 is 4.90 Å². The van der Waals surface area contributed by atoms with Crippen molar-refractivity contribution in [1.29, 1.82) is 0 Å². The van der Waals surface area contributed by atoms with Gasteiger partial charge in [-0.25, -0.2) is 9.37 Å². The molecule has 0 N–H and O–H groups in total. The van der Waals surface area contributed by atoms with E-state index in [9.17, 15) is 9.18 Å². The number of aromatic nitrogens is 1. The fourth-order valence-electron chi connectivity index (χ4n) is 2.44. The summed E-state index contributed by atoms with van der Waals surface area (Å²) in [6.07, 6.45) is 0.715. The zero-order chi connectivity index (χ0) is 16.9. The van der Waals surface area contributed by atoms with Gasteiger partial charge in [0.1, 0.15) is 11.5 Å². The largest absolute Gasteiger partial charge is 0.336 e. The number of thiazole rings is 1. The predicted octanol–water partition coefficient (Wildman–Crippen LogP) is 4.15. The Hall–Kier alpha value is -2.53. The van der Waals surface area contributed by atoms with E-state index in [1.54, 1.807) is 29.5 Å². The summed E-state index contributed by atoms with van der Waals surface area (Å²) in [5.41, 5.74) is 2.36. The van der Waals surface area contributed by atoms with Crippen molar-refractivity contribution in [3.05, 3.63) is 87.6 Å². The van der Waals surface area contributed by atoms with Gasteiger partial charge in [0.2, 0.25) is 0 Å². The summed E-state index contributed by atoms with van der Waals surface area (Å²) in [6.45, 7) is 0.349.